The highest BCUT2D eigenvalue weighted by atomic mass is 15.2. The van der Waals surface area contributed by atoms with Gasteiger partial charge in [-0.2, -0.15) is 0 Å². The number of piperazine rings is 1. The van der Waals surface area contributed by atoms with E-state index in [1.807, 2.05) is 0 Å². The molecular weight excluding hydrogens is 208 g/mol. The lowest BCUT2D eigenvalue weighted by Crippen LogP contribution is -2.44. The summed E-state index contributed by atoms with van der Waals surface area (Å²) in [5.41, 5.74) is 4.01. The van der Waals surface area contributed by atoms with E-state index in [9.17, 15) is 0 Å². The molecule has 1 aromatic carbocycles. The Labute approximate surface area is 104 Å². The fourth-order valence-electron chi connectivity index (χ4n) is 2.24. The number of aryl methyl sites for hydroxylation is 1. The lowest BCUT2D eigenvalue weighted by atomic mass is 10.0. The van der Waals surface area contributed by atoms with Gasteiger partial charge in [-0.3, -0.25) is 4.90 Å². The third kappa shape index (κ3) is 3.99. The largest absolute Gasteiger partial charge is 0.314 e. The molecule has 17 heavy (non-hydrogen) atoms. The van der Waals surface area contributed by atoms with Gasteiger partial charge < -0.3 is 5.32 Å². The highest BCUT2D eigenvalue weighted by Crippen LogP contribution is 2.10. The van der Waals surface area contributed by atoms with Gasteiger partial charge in [0.1, 0.15) is 0 Å². The summed E-state index contributed by atoms with van der Waals surface area (Å²) in [6, 6.07) is 8.76. The molecule has 1 fully saturated rings. The Morgan fingerprint density at radius 2 is 1.88 bits per heavy atom. The summed E-state index contributed by atoms with van der Waals surface area (Å²) in [6.45, 7) is 11.9. The average molecular weight is 230 g/mol. The van der Waals surface area contributed by atoms with Crippen molar-refractivity contribution in [1.82, 2.24) is 10.2 Å². The third-order valence-electron chi connectivity index (χ3n) is 3.23. The minimum atomic E-state index is 1.00. The summed E-state index contributed by atoms with van der Waals surface area (Å²) >= 11 is 0. The van der Waals surface area contributed by atoms with Crippen molar-refractivity contribution in [2.45, 2.75) is 13.3 Å². The summed E-state index contributed by atoms with van der Waals surface area (Å²) in [4.78, 5) is 2.48. The smallest absolute Gasteiger partial charge is 0.0194 e. The van der Waals surface area contributed by atoms with E-state index >= 15 is 0 Å². The first-order valence-corrected chi connectivity index (χ1v) is 6.39. The molecule has 2 heteroatoms. The van der Waals surface area contributed by atoms with Crippen LogP contribution in [-0.2, 0) is 6.42 Å². The summed E-state index contributed by atoms with van der Waals surface area (Å²) < 4.78 is 0. The van der Waals surface area contributed by atoms with Gasteiger partial charge in [0.2, 0.25) is 0 Å². The highest BCUT2D eigenvalue weighted by Gasteiger charge is 2.10. The normalized spacial score (nSPS) is 17.0. The van der Waals surface area contributed by atoms with Crippen LogP contribution in [0.1, 0.15) is 11.1 Å². The van der Waals surface area contributed by atoms with Gasteiger partial charge in [0.25, 0.3) is 0 Å². The Balaban J connectivity index is 1.82. The summed E-state index contributed by atoms with van der Waals surface area (Å²) in [7, 11) is 0. The molecule has 2 rings (SSSR count). The summed E-state index contributed by atoms with van der Waals surface area (Å²) in [5.74, 6) is 0. The topological polar surface area (TPSA) is 15.3 Å². The van der Waals surface area contributed by atoms with Crippen molar-refractivity contribution in [2.24, 2.45) is 0 Å². The second-order valence-electron chi connectivity index (χ2n) is 4.94. The van der Waals surface area contributed by atoms with E-state index in [1.165, 1.54) is 16.7 Å². The number of nitrogens with one attached hydrogen (secondary N) is 1. The number of hydrogen-bond donors (Lipinski definition) is 1. The quantitative estimate of drug-likeness (QED) is 0.796. The Hall–Kier alpha value is -1.12. The standard InChI is InChI=1S/C15H22N2/c1-13-3-5-15(6-4-13)11-14(2)12-17-9-7-16-8-10-17/h3-6,16H,2,7-12H2,1H3. The van der Waals surface area contributed by atoms with Gasteiger partial charge in [-0.15, -0.1) is 0 Å². The number of rotatable bonds is 4. The van der Waals surface area contributed by atoms with Crippen LogP contribution < -0.4 is 5.32 Å². The number of nitrogens with zero attached hydrogens (tertiary/aromatic N) is 1. The Kier molecular flexibility index (Phi) is 4.35. The second kappa shape index (κ2) is 5.99. The molecule has 1 N–H and O–H groups in total. The zero-order chi connectivity index (χ0) is 12.1. The molecule has 0 bridgehead atoms. The molecule has 0 radical (unpaired) electrons. The molecular formula is C15H22N2. The monoisotopic (exact) mass is 230 g/mol. The van der Waals surface area contributed by atoms with Crippen molar-refractivity contribution in [3.8, 4) is 0 Å². The maximum absolute atomic E-state index is 4.20. The van der Waals surface area contributed by atoms with Gasteiger partial charge >= 0.3 is 0 Å². The molecule has 1 heterocycles. The van der Waals surface area contributed by atoms with Crippen molar-refractivity contribution in [1.29, 1.82) is 0 Å². The van der Waals surface area contributed by atoms with Crippen molar-refractivity contribution >= 4 is 0 Å². The molecule has 1 aromatic rings. The zero-order valence-corrected chi connectivity index (χ0v) is 10.7. The van der Waals surface area contributed by atoms with E-state index in [-0.39, 0.29) is 0 Å². The SMILES string of the molecule is C=C(Cc1ccc(C)cc1)CN1CCNCC1. The molecule has 92 valence electrons. The molecule has 0 saturated carbocycles. The van der Waals surface area contributed by atoms with Crippen LogP contribution in [0.15, 0.2) is 36.4 Å². The summed E-state index contributed by atoms with van der Waals surface area (Å²) in [5, 5.41) is 3.37. The Morgan fingerprint density at radius 1 is 1.24 bits per heavy atom. The third-order valence-corrected chi connectivity index (χ3v) is 3.23. The molecule has 0 aliphatic carbocycles. The maximum Gasteiger partial charge on any atom is 0.0194 e. The molecule has 0 unspecified atom stereocenters. The molecule has 1 saturated heterocycles. The molecule has 0 spiro atoms. The lowest BCUT2D eigenvalue weighted by Gasteiger charge is -2.27. The first-order valence-electron chi connectivity index (χ1n) is 6.39. The maximum atomic E-state index is 4.20. The number of benzene rings is 1. The highest BCUT2D eigenvalue weighted by molar-refractivity contribution is 5.25. The van der Waals surface area contributed by atoms with Crippen molar-refractivity contribution < 1.29 is 0 Å². The van der Waals surface area contributed by atoms with Crippen LogP contribution in [0.25, 0.3) is 0 Å². The van der Waals surface area contributed by atoms with Crippen LogP contribution in [-0.4, -0.2) is 37.6 Å². The zero-order valence-electron chi connectivity index (χ0n) is 10.7. The van der Waals surface area contributed by atoms with E-state index < -0.39 is 0 Å². The second-order valence-corrected chi connectivity index (χ2v) is 4.94. The van der Waals surface area contributed by atoms with Crippen molar-refractivity contribution in [2.75, 3.05) is 32.7 Å². The van der Waals surface area contributed by atoms with Crippen LogP contribution in [0.2, 0.25) is 0 Å². The molecule has 0 atom stereocenters. The predicted molar refractivity (Wildman–Crippen MR) is 73.3 cm³/mol. The van der Waals surface area contributed by atoms with Crippen LogP contribution >= 0.6 is 0 Å². The molecule has 2 nitrogen and oxygen atoms in total. The van der Waals surface area contributed by atoms with Gasteiger partial charge in [0.15, 0.2) is 0 Å². The van der Waals surface area contributed by atoms with Gasteiger partial charge in [-0.25, -0.2) is 0 Å². The van der Waals surface area contributed by atoms with Crippen LogP contribution in [0, 0.1) is 6.92 Å². The van der Waals surface area contributed by atoms with Crippen molar-refractivity contribution in [3.05, 3.63) is 47.5 Å². The minimum absolute atomic E-state index is 1.00. The first kappa shape index (κ1) is 12.3. The van der Waals surface area contributed by atoms with E-state index in [0.29, 0.717) is 0 Å². The van der Waals surface area contributed by atoms with E-state index in [0.717, 1.165) is 39.1 Å². The molecule has 1 aliphatic rings. The van der Waals surface area contributed by atoms with Gasteiger partial charge in [0.05, 0.1) is 0 Å². The lowest BCUT2D eigenvalue weighted by molar-refractivity contribution is 0.258. The van der Waals surface area contributed by atoms with Gasteiger partial charge in [-0.1, -0.05) is 42.0 Å². The minimum Gasteiger partial charge on any atom is -0.314 e. The Bertz CT molecular complexity index is 361. The fourth-order valence-corrected chi connectivity index (χ4v) is 2.24. The molecule has 0 amide bonds. The Morgan fingerprint density at radius 3 is 2.53 bits per heavy atom. The molecule has 0 aromatic heterocycles. The van der Waals surface area contributed by atoms with Crippen molar-refractivity contribution in [3.63, 3.8) is 0 Å². The molecule has 1 aliphatic heterocycles. The first-order chi connectivity index (χ1) is 8.24. The summed E-state index contributed by atoms with van der Waals surface area (Å²) in [6.07, 6.45) is 1.00. The van der Waals surface area contributed by atoms with E-state index in [1.54, 1.807) is 0 Å². The average Bonchev–Trinajstić information content (AvgIpc) is 2.33. The van der Waals surface area contributed by atoms with Gasteiger partial charge in [-0.05, 0) is 18.9 Å². The van der Waals surface area contributed by atoms with Crippen LogP contribution in [0.5, 0.6) is 0 Å². The van der Waals surface area contributed by atoms with E-state index in [2.05, 4.69) is 48.0 Å². The van der Waals surface area contributed by atoms with Crippen LogP contribution in [0.3, 0.4) is 0 Å². The van der Waals surface area contributed by atoms with Crippen LogP contribution in [0.4, 0.5) is 0 Å². The number of hydrogen-bond acceptors (Lipinski definition) is 2. The van der Waals surface area contributed by atoms with E-state index in [4.69, 9.17) is 0 Å². The van der Waals surface area contributed by atoms with Gasteiger partial charge in [0, 0.05) is 32.7 Å². The fraction of sp³-hybridized carbons (Fsp3) is 0.467. The predicted octanol–water partition coefficient (Wildman–Crippen LogP) is 2.00.